The van der Waals surface area contributed by atoms with Crippen molar-refractivity contribution in [3.8, 4) is 11.3 Å². The first-order chi connectivity index (χ1) is 22.3. The van der Waals surface area contributed by atoms with Gasteiger partial charge in [0.2, 0.25) is 5.91 Å². The number of oxazole rings is 1. The summed E-state index contributed by atoms with van der Waals surface area (Å²) in [4.78, 5) is 37.4. The van der Waals surface area contributed by atoms with Gasteiger partial charge < -0.3 is 24.7 Å². The lowest BCUT2D eigenvalue weighted by atomic mass is 9.49. The second-order valence-electron chi connectivity index (χ2n) is 14.5. The summed E-state index contributed by atoms with van der Waals surface area (Å²) in [7, 11) is 5.44. The van der Waals surface area contributed by atoms with E-state index in [1.165, 1.54) is 12.7 Å². The molecule has 8 rings (SSSR count). The predicted octanol–water partition coefficient (Wildman–Crippen LogP) is 7.04. The number of rotatable bonds is 9. The molecule has 2 bridgehead atoms. The lowest BCUT2D eigenvalue weighted by molar-refractivity contribution is -0.129. The van der Waals surface area contributed by atoms with Crippen LogP contribution in [0.1, 0.15) is 106 Å². The molecule has 0 spiro atoms. The molecule has 1 aromatic carbocycles. The van der Waals surface area contributed by atoms with Crippen LogP contribution in [0, 0.1) is 11.3 Å². The average Bonchev–Trinajstić information content (AvgIpc) is 3.83. The summed E-state index contributed by atoms with van der Waals surface area (Å²) >= 11 is 0. The zero-order valence-corrected chi connectivity index (χ0v) is 27.4. The summed E-state index contributed by atoms with van der Waals surface area (Å²) < 4.78 is 10.6. The van der Waals surface area contributed by atoms with Crippen LogP contribution in [-0.4, -0.2) is 49.2 Å². The summed E-state index contributed by atoms with van der Waals surface area (Å²) in [5.74, 6) is 2.34. The lowest BCUT2D eigenvalue weighted by Gasteiger charge is -2.57. The van der Waals surface area contributed by atoms with E-state index in [9.17, 15) is 9.59 Å². The van der Waals surface area contributed by atoms with Crippen LogP contribution >= 0.6 is 0 Å². The number of aromatic nitrogens is 2. The van der Waals surface area contributed by atoms with Gasteiger partial charge in [0, 0.05) is 43.7 Å². The van der Waals surface area contributed by atoms with E-state index in [2.05, 4.69) is 53.2 Å². The highest BCUT2D eigenvalue weighted by Gasteiger charge is 2.53. The molecule has 1 atom stereocenters. The van der Waals surface area contributed by atoms with Crippen molar-refractivity contribution in [2.45, 2.75) is 100 Å². The standard InChI is InChI=1S/C37H47N5O4/c1-42(2)31-14-11-28(22-38-31)36-15-18-37(19-16-36,20-17-36)32(41-33(43)24-9-12-29(13-10-24)39-35(44)45-3)27-6-4-5-26(21-27)30-23-46-34(40-30)25-7-8-25/h4-6,11,14,21-25,29,32H,7-10,12-13,15-20H2,1-3H3,(H,39,44)(H,41,43). The molecular weight excluding hydrogens is 578 g/mol. The number of pyridine rings is 1. The molecule has 5 aliphatic carbocycles. The Balaban J connectivity index is 1.13. The number of methoxy groups -OCH3 is 1. The van der Waals surface area contributed by atoms with Gasteiger partial charge in [-0.05, 0) is 111 Å². The van der Waals surface area contributed by atoms with Crippen LogP contribution in [-0.2, 0) is 14.9 Å². The number of hydrogen-bond donors (Lipinski definition) is 2. The third-order valence-corrected chi connectivity index (χ3v) is 11.6. The highest BCUT2D eigenvalue weighted by molar-refractivity contribution is 5.79. The number of carbonyl (C=O) groups is 2. The van der Waals surface area contributed by atoms with E-state index in [1.54, 1.807) is 6.26 Å². The van der Waals surface area contributed by atoms with Gasteiger partial charge in [-0.2, -0.15) is 0 Å². The number of ether oxygens (including phenoxy) is 1. The van der Waals surface area contributed by atoms with E-state index in [1.807, 2.05) is 19.0 Å². The van der Waals surface area contributed by atoms with E-state index in [0.29, 0.717) is 5.92 Å². The third kappa shape index (κ3) is 6.00. The first kappa shape index (κ1) is 30.8. The summed E-state index contributed by atoms with van der Waals surface area (Å²) in [5, 5.41) is 6.54. The minimum Gasteiger partial charge on any atom is -0.453 e. The molecule has 0 saturated heterocycles. The van der Waals surface area contributed by atoms with Crippen molar-refractivity contribution in [3.05, 3.63) is 65.9 Å². The molecule has 1 unspecified atom stereocenters. The van der Waals surface area contributed by atoms with Gasteiger partial charge in [0.05, 0.1) is 13.2 Å². The Bertz CT molecular complexity index is 1530. The molecule has 0 radical (unpaired) electrons. The first-order valence-electron chi connectivity index (χ1n) is 17.1. The number of alkyl carbamates (subject to hydrolysis) is 1. The second-order valence-corrected chi connectivity index (χ2v) is 14.5. The monoisotopic (exact) mass is 625 g/mol. The van der Waals surface area contributed by atoms with Gasteiger partial charge in [0.15, 0.2) is 5.89 Å². The van der Waals surface area contributed by atoms with E-state index in [0.717, 1.165) is 106 Å². The molecule has 2 amide bonds. The number of nitrogens with one attached hydrogen (secondary N) is 2. The highest BCUT2D eigenvalue weighted by Crippen LogP contribution is 2.62. The Morgan fingerprint density at radius 3 is 2.35 bits per heavy atom. The van der Waals surface area contributed by atoms with Gasteiger partial charge >= 0.3 is 6.09 Å². The summed E-state index contributed by atoms with van der Waals surface area (Å²) in [6.45, 7) is 0. The number of hydrogen-bond acceptors (Lipinski definition) is 7. The fourth-order valence-electron chi connectivity index (χ4n) is 8.44. The molecule has 3 aromatic rings. The van der Waals surface area contributed by atoms with Crippen LogP contribution in [0.3, 0.4) is 0 Å². The Kier molecular flexibility index (Phi) is 8.28. The Morgan fingerprint density at radius 1 is 0.978 bits per heavy atom. The van der Waals surface area contributed by atoms with Crippen LogP contribution in [0.4, 0.5) is 10.6 Å². The number of carbonyl (C=O) groups excluding carboxylic acids is 2. The molecular formula is C37H47N5O4. The molecule has 2 N–H and O–H groups in total. The molecule has 2 heterocycles. The van der Waals surface area contributed by atoms with Crippen LogP contribution in [0.15, 0.2) is 53.3 Å². The predicted molar refractivity (Wildman–Crippen MR) is 176 cm³/mol. The zero-order chi connectivity index (χ0) is 31.9. The largest absolute Gasteiger partial charge is 0.453 e. The van der Waals surface area contributed by atoms with Gasteiger partial charge in [-0.1, -0.05) is 24.3 Å². The molecule has 5 fully saturated rings. The summed E-state index contributed by atoms with van der Waals surface area (Å²) in [5.41, 5.74) is 4.53. The van der Waals surface area contributed by atoms with Gasteiger partial charge in [0.1, 0.15) is 17.8 Å². The quantitative estimate of drug-likeness (QED) is 0.262. The average molecular weight is 626 g/mol. The zero-order valence-electron chi connectivity index (χ0n) is 27.4. The van der Waals surface area contributed by atoms with E-state index in [-0.39, 0.29) is 34.7 Å². The molecule has 9 nitrogen and oxygen atoms in total. The van der Waals surface area contributed by atoms with Crippen molar-refractivity contribution in [1.82, 2.24) is 20.6 Å². The molecule has 2 aromatic heterocycles. The fraction of sp³-hybridized carbons (Fsp3) is 0.568. The summed E-state index contributed by atoms with van der Waals surface area (Å²) in [6, 6.07) is 13.0. The molecule has 0 aliphatic heterocycles. The fourth-order valence-corrected chi connectivity index (χ4v) is 8.44. The normalized spacial score (nSPS) is 27.9. The van der Waals surface area contributed by atoms with Gasteiger partial charge in [-0.25, -0.2) is 14.8 Å². The Morgan fingerprint density at radius 2 is 1.72 bits per heavy atom. The maximum Gasteiger partial charge on any atom is 0.407 e. The van der Waals surface area contributed by atoms with Crippen molar-refractivity contribution < 1.29 is 18.7 Å². The van der Waals surface area contributed by atoms with E-state index in [4.69, 9.17) is 19.1 Å². The topological polar surface area (TPSA) is 110 Å². The first-order valence-corrected chi connectivity index (χ1v) is 17.1. The lowest BCUT2D eigenvalue weighted by Crippen LogP contribution is -2.52. The molecule has 9 heteroatoms. The van der Waals surface area contributed by atoms with Crippen molar-refractivity contribution in [2.75, 3.05) is 26.1 Å². The SMILES string of the molecule is COC(=O)NC1CCC(C(=O)NC(c2cccc(-c3coc(C4CC4)n3)c2)C23CCC(c4ccc(N(C)C)nc4)(CC2)CC3)CC1. The van der Waals surface area contributed by atoms with Gasteiger partial charge in [0.25, 0.3) is 0 Å². The Labute approximate surface area is 271 Å². The smallest absolute Gasteiger partial charge is 0.407 e. The molecule has 5 saturated carbocycles. The van der Waals surface area contributed by atoms with Crippen LogP contribution in [0.5, 0.6) is 0 Å². The number of anilines is 1. The van der Waals surface area contributed by atoms with Crippen molar-refractivity contribution in [3.63, 3.8) is 0 Å². The van der Waals surface area contributed by atoms with E-state index < -0.39 is 6.09 Å². The minimum atomic E-state index is -0.404. The van der Waals surface area contributed by atoms with Crippen molar-refractivity contribution in [2.24, 2.45) is 11.3 Å². The molecule has 5 aliphatic rings. The number of fused-ring (bicyclic) bond motifs is 3. The van der Waals surface area contributed by atoms with Crippen LogP contribution in [0.25, 0.3) is 11.3 Å². The van der Waals surface area contributed by atoms with Crippen LogP contribution in [0.2, 0.25) is 0 Å². The van der Waals surface area contributed by atoms with Crippen molar-refractivity contribution >= 4 is 17.8 Å². The number of nitrogens with zero attached hydrogens (tertiary/aromatic N) is 3. The van der Waals surface area contributed by atoms with E-state index >= 15 is 0 Å². The minimum absolute atomic E-state index is 0.0142. The van der Waals surface area contributed by atoms with Gasteiger partial charge in [-0.3, -0.25) is 4.79 Å². The number of amides is 2. The molecule has 46 heavy (non-hydrogen) atoms. The maximum absolute atomic E-state index is 14.0. The third-order valence-electron chi connectivity index (χ3n) is 11.6. The Hall–Kier alpha value is -3.88. The van der Waals surface area contributed by atoms with Crippen LogP contribution < -0.4 is 15.5 Å². The molecule has 244 valence electrons. The van der Waals surface area contributed by atoms with Crippen molar-refractivity contribution in [1.29, 1.82) is 0 Å². The summed E-state index contributed by atoms with van der Waals surface area (Å²) in [6.07, 6.45) is 15.3. The second kappa shape index (κ2) is 12.4. The van der Waals surface area contributed by atoms with Gasteiger partial charge in [-0.15, -0.1) is 0 Å². The number of benzene rings is 1. The maximum atomic E-state index is 14.0. The highest BCUT2D eigenvalue weighted by atomic mass is 16.5.